The van der Waals surface area contributed by atoms with E-state index in [1.807, 2.05) is 20.8 Å². The van der Waals surface area contributed by atoms with E-state index in [0.29, 0.717) is 11.3 Å². The van der Waals surface area contributed by atoms with Crippen molar-refractivity contribution in [2.24, 2.45) is 5.73 Å². The molecule has 0 heterocycles. The Bertz CT molecular complexity index is 511. The highest BCUT2D eigenvalue weighted by molar-refractivity contribution is 5.99. The van der Waals surface area contributed by atoms with Gasteiger partial charge < -0.3 is 16.4 Å². The van der Waals surface area contributed by atoms with Gasteiger partial charge in [-0.25, -0.2) is 0 Å². The fourth-order valence-electron chi connectivity index (χ4n) is 1.44. The molecule has 110 valence electrons. The molecule has 1 aromatic carbocycles. The number of carbonyl (C=O) groups is 2. The molecule has 0 saturated carbocycles. The molecule has 0 unspecified atom stereocenters. The summed E-state index contributed by atoms with van der Waals surface area (Å²) in [5.41, 5.74) is 5.48. The van der Waals surface area contributed by atoms with E-state index in [0.717, 1.165) is 0 Å². The molecule has 5 nitrogen and oxygen atoms in total. The average Bonchev–Trinajstić information content (AvgIpc) is 2.25. The van der Waals surface area contributed by atoms with Gasteiger partial charge in [0.15, 0.2) is 0 Å². The van der Waals surface area contributed by atoms with E-state index in [-0.39, 0.29) is 17.4 Å². The van der Waals surface area contributed by atoms with E-state index < -0.39 is 5.54 Å². The van der Waals surface area contributed by atoms with Crippen molar-refractivity contribution in [3.8, 4) is 0 Å². The molecule has 0 saturated heterocycles. The summed E-state index contributed by atoms with van der Waals surface area (Å²) in [7, 11) is 0. The molecule has 0 atom stereocenters. The smallest absolute Gasteiger partial charge is 0.251 e. The van der Waals surface area contributed by atoms with Gasteiger partial charge in [0.2, 0.25) is 5.91 Å². The molecule has 0 radical (unpaired) electrons. The van der Waals surface area contributed by atoms with Gasteiger partial charge in [-0.2, -0.15) is 0 Å². The van der Waals surface area contributed by atoms with Gasteiger partial charge in [-0.3, -0.25) is 9.59 Å². The number of carbonyl (C=O) groups excluding carboxylic acids is 2. The van der Waals surface area contributed by atoms with Crippen LogP contribution in [-0.2, 0) is 4.79 Å². The van der Waals surface area contributed by atoms with Gasteiger partial charge in [0.25, 0.3) is 5.91 Å². The Balaban J connectivity index is 2.86. The fourth-order valence-corrected chi connectivity index (χ4v) is 1.44. The predicted octanol–water partition coefficient (Wildman–Crippen LogP) is 1.89. The van der Waals surface area contributed by atoms with Crippen molar-refractivity contribution in [2.75, 3.05) is 5.32 Å². The van der Waals surface area contributed by atoms with Crippen molar-refractivity contribution in [1.82, 2.24) is 5.32 Å². The predicted molar refractivity (Wildman–Crippen MR) is 80.6 cm³/mol. The second kappa shape index (κ2) is 5.63. The van der Waals surface area contributed by atoms with Crippen LogP contribution in [0.2, 0.25) is 0 Å². The standard InChI is InChI=1S/C15H23N3O2/c1-14(2,3)18-12(19)10-7-6-8-11(9-10)17-13(20)15(4,5)16/h6-9H,16H2,1-5H3,(H,17,20)(H,18,19). The molecule has 0 spiro atoms. The van der Waals surface area contributed by atoms with Crippen LogP contribution >= 0.6 is 0 Å². The fraction of sp³-hybridized carbons (Fsp3) is 0.467. The van der Waals surface area contributed by atoms with Crippen LogP contribution in [0.3, 0.4) is 0 Å². The number of nitrogens with one attached hydrogen (secondary N) is 2. The molecule has 1 rings (SSSR count). The van der Waals surface area contributed by atoms with Gasteiger partial charge in [0.05, 0.1) is 5.54 Å². The quantitative estimate of drug-likeness (QED) is 0.789. The molecule has 1 aromatic rings. The molecule has 0 fully saturated rings. The number of amides is 2. The lowest BCUT2D eigenvalue weighted by molar-refractivity contribution is -0.120. The minimum atomic E-state index is -0.969. The summed E-state index contributed by atoms with van der Waals surface area (Å²) in [6.07, 6.45) is 0. The van der Waals surface area contributed by atoms with Gasteiger partial charge in [-0.15, -0.1) is 0 Å². The van der Waals surface area contributed by atoms with E-state index in [9.17, 15) is 9.59 Å². The van der Waals surface area contributed by atoms with Crippen LogP contribution < -0.4 is 16.4 Å². The van der Waals surface area contributed by atoms with Gasteiger partial charge in [0, 0.05) is 16.8 Å². The number of hydrogen-bond acceptors (Lipinski definition) is 3. The van der Waals surface area contributed by atoms with E-state index >= 15 is 0 Å². The van der Waals surface area contributed by atoms with Crippen LogP contribution in [-0.4, -0.2) is 22.9 Å². The lowest BCUT2D eigenvalue weighted by Crippen LogP contribution is -2.45. The minimum Gasteiger partial charge on any atom is -0.347 e. The van der Waals surface area contributed by atoms with E-state index in [1.165, 1.54) is 0 Å². The highest BCUT2D eigenvalue weighted by atomic mass is 16.2. The van der Waals surface area contributed by atoms with Crippen molar-refractivity contribution in [1.29, 1.82) is 0 Å². The monoisotopic (exact) mass is 277 g/mol. The molecule has 0 bridgehead atoms. The van der Waals surface area contributed by atoms with Gasteiger partial charge in [-0.1, -0.05) is 6.07 Å². The Hall–Kier alpha value is -1.88. The Morgan fingerprint density at radius 1 is 1.10 bits per heavy atom. The summed E-state index contributed by atoms with van der Waals surface area (Å²) in [5.74, 6) is -0.480. The Kier molecular flexibility index (Phi) is 4.55. The van der Waals surface area contributed by atoms with Crippen LogP contribution in [0, 0.1) is 0 Å². The Morgan fingerprint density at radius 3 is 2.20 bits per heavy atom. The van der Waals surface area contributed by atoms with Crippen LogP contribution in [0.5, 0.6) is 0 Å². The first-order chi connectivity index (χ1) is 8.99. The third-order valence-electron chi connectivity index (χ3n) is 2.46. The number of hydrogen-bond donors (Lipinski definition) is 3. The summed E-state index contributed by atoms with van der Waals surface area (Å²) < 4.78 is 0. The van der Waals surface area contributed by atoms with Crippen LogP contribution in [0.25, 0.3) is 0 Å². The molecule has 0 aliphatic carbocycles. The summed E-state index contributed by atoms with van der Waals surface area (Å²) >= 11 is 0. The van der Waals surface area contributed by atoms with Crippen molar-refractivity contribution >= 4 is 17.5 Å². The van der Waals surface area contributed by atoms with Crippen LogP contribution in [0.4, 0.5) is 5.69 Å². The first-order valence-electron chi connectivity index (χ1n) is 6.52. The number of rotatable bonds is 3. The summed E-state index contributed by atoms with van der Waals surface area (Å²) in [5, 5.41) is 5.57. The molecule has 20 heavy (non-hydrogen) atoms. The molecule has 0 aromatic heterocycles. The SMILES string of the molecule is CC(C)(C)NC(=O)c1cccc(NC(=O)C(C)(C)N)c1. The van der Waals surface area contributed by atoms with Crippen molar-refractivity contribution in [2.45, 2.75) is 45.7 Å². The Morgan fingerprint density at radius 2 is 1.70 bits per heavy atom. The molecular formula is C15H23N3O2. The van der Waals surface area contributed by atoms with Gasteiger partial charge >= 0.3 is 0 Å². The topological polar surface area (TPSA) is 84.2 Å². The average molecular weight is 277 g/mol. The molecule has 0 aliphatic rings. The second-order valence-corrected chi connectivity index (χ2v) is 6.46. The van der Waals surface area contributed by atoms with E-state index in [4.69, 9.17) is 5.73 Å². The lowest BCUT2D eigenvalue weighted by atomic mass is 10.1. The third-order valence-corrected chi connectivity index (χ3v) is 2.46. The zero-order valence-electron chi connectivity index (χ0n) is 12.7. The van der Waals surface area contributed by atoms with Crippen LogP contribution in [0.1, 0.15) is 45.0 Å². The maximum atomic E-state index is 12.0. The summed E-state index contributed by atoms with van der Waals surface area (Å²) in [6.45, 7) is 8.98. The van der Waals surface area contributed by atoms with Crippen molar-refractivity contribution in [3.05, 3.63) is 29.8 Å². The first-order valence-corrected chi connectivity index (χ1v) is 6.52. The molecule has 5 heteroatoms. The largest absolute Gasteiger partial charge is 0.347 e. The first kappa shape index (κ1) is 16.2. The molecular weight excluding hydrogens is 254 g/mol. The lowest BCUT2D eigenvalue weighted by Gasteiger charge is -2.21. The maximum Gasteiger partial charge on any atom is 0.251 e. The van der Waals surface area contributed by atoms with E-state index in [2.05, 4.69) is 10.6 Å². The number of anilines is 1. The maximum absolute atomic E-state index is 12.0. The minimum absolute atomic E-state index is 0.180. The number of benzene rings is 1. The highest BCUT2D eigenvalue weighted by Crippen LogP contribution is 2.13. The normalized spacial score (nSPS) is 11.9. The molecule has 0 aliphatic heterocycles. The molecule has 4 N–H and O–H groups in total. The zero-order valence-corrected chi connectivity index (χ0v) is 12.7. The summed E-state index contributed by atoms with van der Waals surface area (Å²) in [4.78, 5) is 23.9. The van der Waals surface area contributed by atoms with Gasteiger partial charge in [-0.05, 0) is 52.8 Å². The van der Waals surface area contributed by atoms with Crippen molar-refractivity contribution < 1.29 is 9.59 Å². The van der Waals surface area contributed by atoms with E-state index in [1.54, 1.807) is 38.1 Å². The third kappa shape index (κ3) is 5.01. The molecule has 2 amide bonds. The summed E-state index contributed by atoms with van der Waals surface area (Å²) in [6, 6.07) is 6.77. The number of nitrogens with two attached hydrogens (primary N) is 1. The zero-order chi connectivity index (χ0) is 15.6. The van der Waals surface area contributed by atoms with Crippen molar-refractivity contribution in [3.63, 3.8) is 0 Å². The second-order valence-electron chi connectivity index (χ2n) is 6.46. The van der Waals surface area contributed by atoms with Crippen LogP contribution in [0.15, 0.2) is 24.3 Å². The Labute approximate surface area is 119 Å². The van der Waals surface area contributed by atoms with Gasteiger partial charge in [0.1, 0.15) is 0 Å². The highest BCUT2D eigenvalue weighted by Gasteiger charge is 2.22.